The number of hydrogen-bond donors (Lipinski definition) is 1. The number of aromatic nitrogens is 5. The van der Waals surface area contributed by atoms with E-state index >= 15 is 0 Å². The first-order valence-electron chi connectivity index (χ1n) is 8.48. The van der Waals surface area contributed by atoms with Crippen LogP contribution < -0.4 is 5.32 Å². The molecule has 0 aliphatic rings. The molecule has 0 aliphatic heterocycles. The van der Waals surface area contributed by atoms with E-state index in [9.17, 15) is 4.39 Å². The average Bonchev–Trinajstić information content (AvgIpc) is 3.35. The van der Waals surface area contributed by atoms with Gasteiger partial charge in [0, 0.05) is 24.6 Å². The van der Waals surface area contributed by atoms with E-state index in [1.165, 1.54) is 6.07 Å². The SMILES string of the molecule is C[C@H](Cn1cccn1)Nc1ccc(-c2nc(-c3ccccc3F)no2)cn1. The summed E-state index contributed by atoms with van der Waals surface area (Å²) in [5.74, 6) is 0.830. The van der Waals surface area contributed by atoms with Crippen molar-refractivity contribution in [3.63, 3.8) is 0 Å². The zero-order valence-corrected chi connectivity index (χ0v) is 14.6. The van der Waals surface area contributed by atoms with E-state index in [1.807, 2.05) is 29.1 Å². The number of nitrogens with one attached hydrogen (secondary N) is 1. The summed E-state index contributed by atoms with van der Waals surface area (Å²) in [6.07, 6.45) is 5.30. The van der Waals surface area contributed by atoms with Crippen molar-refractivity contribution in [2.45, 2.75) is 19.5 Å². The van der Waals surface area contributed by atoms with E-state index in [1.54, 1.807) is 30.6 Å². The lowest BCUT2D eigenvalue weighted by atomic mass is 10.2. The van der Waals surface area contributed by atoms with Crippen molar-refractivity contribution in [3.8, 4) is 22.8 Å². The maximum atomic E-state index is 13.8. The summed E-state index contributed by atoms with van der Waals surface area (Å²) in [5.41, 5.74) is 0.960. The Bertz CT molecular complexity index is 1010. The van der Waals surface area contributed by atoms with Crippen LogP contribution in [0.15, 0.2) is 65.6 Å². The highest BCUT2D eigenvalue weighted by molar-refractivity contribution is 5.60. The molecule has 1 aromatic carbocycles. The molecule has 3 heterocycles. The molecular formula is C19H17FN6O. The molecule has 1 atom stereocenters. The van der Waals surface area contributed by atoms with Crippen LogP contribution in [0.4, 0.5) is 10.2 Å². The van der Waals surface area contributed by atoms with Crippen LogP contribution in [0, 0.1) is 5.82 Å². The van der Waals surface area contributed by atoms with Gasteiger partial charge in [-0.3, -0.25) is 4.68 Å². The fraction of sp³-hybridized carbons (Fsp3) is 0.158. The molecule has 0 bridgehead atoms. The Balaban J connectivity index is 1.46. The van der Waals surface area contributed by atoms with Crippen molar-refractivity contribution >= 4 is 5.82 Å². The molecule has 4 aromatic rings. The predicted molar refractivity (Wildman–Crippen MR) is 98.2 cm³/mol. The molecule has 7 nitrogen and oxygen atoms in total. The van der Waals surface area contributed by atoms with Crippen molar-refractivity contribution in [2.75, 3.05) is 5.32 Å². The summed E-state index contributed by atoms with van der Waals surface area (Å²) in [5, 5.41) is 11.4. The first-order valence-corrected chi connectivity index (χ1v) is 8.48. The fourth-order valence-electron chi connectivity index (χ4n) is 2.69. The minimum Gasteiger partial charge on any atom is -0.366 e. The molecule has 27 heavy (non-hydrogen) atoms. The van der Waals surface area contributed by atoms with Gasteiger partial charge < -0.3 is 9.84 Å². The van der Waals surface area contributed by atoms with Crippen LogP contribution in [-0.4, -0.2) is 30.9 Å². The Morgan fingerprint density at radius 1 is 1.19 bits per heavy atom. The lowest BCUT2D eigenvalue weighted by Crippen LogP contribution is -2.22. The maximum absolute atomic E-state index is 13.8. The number of hydrogen-bond acceptors (Lipinski definition) is 6. The van der Waals surface area contributed by atoms with E-state index in [2.05, 4.69) is 32.5 Å². The second-order valence-corrected chi connectivity index (χ2v) is 6.11. The highest BCUT2D eigenvalue weighted by atomic mass is 19.1. The van der Waals surface area contributed by atoms with Crippen LogP contribution in [0.2, 0.25) is 0 Å². The molecule has 0 amide bonds. The van der Waals surface area contributed by atoms with E-state index in [0.29, 0.717) is 11.1 Å². The highest BCUT2D eigenvalue weighted by Gasteiger charge is 2.14. The zero-order valence-electron chi connectivity index (χ0n) is 14.6. The normalized spacial score (nSPS) is 12.1. The molecule has 3 aromatic heterocycles. The van der Waals surface area contributed by atoms with Gasteiger partial charge in [0.1, 0.15) is 11.6 Å². The summed E-state index contributed by atoms with van der Waals surface area (Å²) >= 11 is 0. The van der Waals surface area contributed by atoms with Crippen LogP contribution in [0.1, 0.15) is 6.92 Å². The quantitative estimate of drug-likeness (QED) is 0.563. The Morgan fingerprint density at radius 3 is 2.81 bits per heavy atom. The van der Waals surface area contributed by atoms with Crippen LogP contribution in [0.25, 0.3) is 22.8 Å². The predicted octanol–water partition coefficient (Wildman–Crippen LogP) is 3.63. The van der Waals surface area contributed by atoms with Crippen LogP contribution in [0.5, 0.6) is 0 Å². The Morgan fingerprint density at radius 2 is 2.07 bits per heavy atom. The molecule has 1 N–H and O–H groups in total. The third-order valence-corrected chi connectivity index (χ3v) is 3.97. The Labute approximate surface area is 154 Å². The van der Waals surface area contributed by atoms with Crippen molar-refractivity contribution in [3.05, 3.63) is 66.9 Å². The van der Waals surface area contributed by atoms with Gasteiger partial charge in [0.05, 0.1) is 17.7 Å². The number of nitrogens with zero attached hydrogens (tertiary/aromatic N) is 5. The van der Waals surface area contributed by atoms with Gasteiger partial charge in [0.25, 0.3) is 5.89 Å². The van der Waals surface area contributed by atoms with Crippen molar-refractivity contribution in [1.82, 2.24) is 24.9 Å². The lowest BCUT2D eigenvalue weighted by molar-refractivity contribution is 0.431. The van der Waals surface area contributed by atoms with Gasteiger partial charge in [0.2, 0.25) is 5.82 Å². The summed E-state index contributed by atoms with van der Waals surface area (Å²) < 4.78 is 21.0. The maximum Gasteiger partial charge on any atom is 0.259 e. The van der Waals surface area contributed by atoms with E-state index in [-0.39, 0.29) is 17.8 Å². The summed E-state index contributed by atoms with van der Waals surface area (Å²) in [7, 11) is 0. The van der Waals surface area contributed by atoms with Gasteiger partial charge in [-0.1, -0.05) is 17.3 Å². The zero-order chi connectivity index (χ0) is 18.6. The van der Waals surface area contributed by atoms with Crippen molar-refractivity contribution in [1.29, 1.82) is 0 Å². The van der Waals surface area contributed by atoms with Crippen LogP contribution >= 0.6 is 0 Å². The topological polar surface area (TPSA) is 81.7 Å². The minimum absolute atomic E-state index is 0.152. The highest BCUT2D eigenvalue weighted by Crippen LogP contribution is 2.24. The van der Waals surface area contributed by atoms with E-state index in [4.69, 9.17) is 4.52 Å². The minimum atomic E-state index is -0.395. The monoisotopic (exact) mass is 364 g/mol. The number of anilines is 1. The van der Waals surface area contributed by atoms with Crippen molar-refractivity contribution in [2.24, 2.45) is 0 Å². The van der Waals surface area contributed by atoms with Crippen LogP contribution in [-0.2, 0) is 6.54 Å². The standard InChI is InChI=1S/C19H17FN6O/c1-13(12-26-10-4-9-22-26)23-17-8-7-14(11-21-17)19-24-18(25-27-19)15-5-2-3-6-16(15)20/h2-11,13H,12H2,1H3,(H,21,23)/t13-/m1/s1. The van der Waals surface area contributed by atoms with Gasteiger partial charge in [-0.05, 0) is 37.3 Å². The molecular weight excluding hydrogens is 347 g/mol. The van der Waals surface area contributed by atoms with Crippen LogP contribution in [0.3, 0.4) is 0 Å². The Kier molecular flexibility index (Phi) is 4.61. The number of pyridine rings is 1. The summed E-state index contributed by atoms with van der Waals surface area (Å²) in [6, 6.07) is 12.0. The van der Waals surface area contributed by atoms with Crippen molar-refractivity contribution < 1.29 is 8.91 Å². The number of halogens is 1. The molecule has 4 rings (SSSR count). The third kappa shape index (κ3) is 3.84. The van der Waals surface area contributed by atoms with Gasteiger partial charge in [-0.15, -0.1) is 0 Å². The number of benzene rings is 1. The first-order chi connectivity index (χ1) is 13.2. The molecule has 0 fully saturated rings. The molecule has 8 heteroatoms. The smallest absolute Gasteiger partial charge is 0.259 e. The molecule has 0 unspecified atom stereocenters. The second kappa shape index (κ2) is 7.36. The molecule has 0 spiro atoms. The van der Waals surface area contributed by atoms with E-state index in [0.717, 1.165) is 12.4 Å². The van der Waals surface area contributed by atoms with E-state index < -0.39 is 5.82 Å². The third-order valence-electron chi connectivity index (χ3n) is 3.97. The summed E-state index contributed by atoms with van der Waals surface area (Å²) in [4.78, 5) is 8.64. The molecule has 0 saturated heterocycles. The second-order valence-electron chi connectivity index (χ2n) is 6.11. The molecule has 136 valence electrons. The summed E-state index contributed by atoms with van der Waals surface area (Å²) in [6.45, 7) is 2.78. The van der Waals surface area contributed by atoms with Gasteiger partial charge in [-0.25, -0.2) is 9.37 Å². The van der Waals surface area contributed by atoms with Gasteiger partial charge in [0.15, 0.2) is 0 Å². The lowest BCUT2D eigenvalue weighted by Gasteiger charge is -2.14. The van der Waals surface area contributed by atoms with Gasteiger partial charge in [-0.2, -0.15) is 10.1 Å². The average molecular weight is 364 g/mol. The van der Waals surface area contributed by atoms with Gasteiger partial charge >= 0.3 is 0 Å². The molecule has 0 radical (unpaired) electrons. The first kappa shape index (κ1) is 16.9. The molecule has 0 aliphatic carbocycles. The Hall–Kier alpha value is -3.55. The fourth-order valence-corrected chi connectivity index (χ4v) is 2.69. The number of rotatable bonds is 6. The molecule has 0 saturated carbocycles. The largest absolute Gasteiger partial charge is 0.366 e.